The van der Waals surface area contributed by atoms with Crippen molar-refractivity contribution in [2.75, 3.05) is 13.1 Å². The zero-order chi connectivity index (χ0) is 30.9. The summed E-state index contributed by atoms with van der Waals surface area (Å²) in [5.74, 6) is -1.15. The van der Waals surface area contributed by atoms with Crippen LogP contribution in [0.3, 0.4) is 0 Å². The maximum absolute atomic E-state index is 13.5. The normalized spacial score (nSPS) is 14.8. The Morgan fingerprint density at radius 3 is 1.98 bits per heavy atom. The van der Waals surface area contributed by atoms with Gasteiger partial charge < -0.3 is 31.8 Å². The van der Waals surface area contributed by atoms with Gasteiger partial charge in [-0.3, -0.25) is 19.2 Å². The maximum atomic E-state index is 13.5. The van der Waals surface area contributed by atoms with Crippen molar-refractivity contribution in [2.24, 2.45) is 11.8 Å². The molecule has 0 aliphatic carbocycles. The Bertz CT molecular complexity index is 955. The molecule has 232 valence electrons. The molecule has 1 aromatic heterocycles. The molecule has 0 fully saturated rings. The van der Waals surface area contributed by atoms with Crippen LogP contribution >= 0.6 is 0 Å². The highest BCUT2D eigenvalue weighted by Crippen LogP contribution is 2.12. The predicted molar refractivity (Wildman–Crippen MR) is 160 cm³/mol. The van der Waals surface area contributed by atoms with Crippen molar-refractivity contribution < 1.29 is 23.9 Å². The Labute approximate surface area is 245 Å². The fourth-order valence-electron chi connectivity index (χ4n) is 4.57. The van der Waals surface area contributed by atoms with E-state index in [4.69, 9.17) is 0 Å². The van der Waals surface area contributed by atoms with Crippen LogP contribution in [0.1, 0.15) is 97.3 Å². The molecule has 5 atom stereocenters. The molecule has 11 heteroatoms. The summed E-state index contributed by atoms with van der Waals surface area (Å²) in [5, 5.41) is 26.3. The number of nitrogens with zero attached hydrogens (tertiary/aromatic N) is 1. The van der Waals surface area contributed by atoms with E-state index in [1.807, 2.05) is 34.6 Å². The van der Waals surface area contributed by atoms with Gasteiger partial charge in [0.1, 0.15) is 12.1 Å². The van der Waals surface area contributed by atoms with Gasteiger partial charge in [-0.1, -0.05) is 60.8 Å². The summed E-state index contributed by atoms with van der Waals surface area (Å²) >= 11 is 0. The third-order valence-corrected chi connectivity index (χ3v) is 7.01. The van der Waals surface area contributed by atoms with Gasteiger partial charge in [-0.15, -0.1) is 0 Å². The maximum Gasteiger partial charge on any atom is 0.252 e. The zero-order valence-electron chi connectivity index (χ0n) is 25.9. The zero-order valence-corrected chi connectivity index (χ0v) is 25.9. The Hall–Kier alpha value is -3.21. The van der Waals surface area contributed by atoms with Crippen molar-refractivity contribution >= 4 is 23.6 Å². The standard InChI is InChI=1S/C30H52N6O5/c1-8-12-24(28(38)31-11-4)32-19-23(18-20(5)6)33-29(39)25(13-9-2)34-30(40)26(21(7)10-3)35-27(37)22-14-16-36(41)17-15-22/h14-17,20-21,23-26,32H,8-13,18-19H2,1-7H3,(H,31,38)(H,33,39)(H,34,40)(H,35,37)/t21-,23-,24-,25-,26-/m0/s1. The fraction of sp³-hybridized carbons (Fsp3) is 0.700. The molecule has 0 saturated carbocycles. The van der Waals surface area contributed by atoms with Crippen molar-refractivity contribution in [1.29, 1.82) is 0 Å². The quantitative estimate of drug-likeness (QED) is 0.126. The van der Waals surface area contributed by atoms with Crippen LogP contribution < -0.4 is 31.3 Å². The monoisotopic (exact) mass is 576 g/mol. The number of carbonyl (C=O) groups excluding carboxylic acids is 4. The number of hydrogen-bond acceptors (Lipinski definition) is 6. The summed E-state index contributed by atoms with van der Waals surface area (Å²) in [7, 11) is 0. The van der Waals surface area contributed by atoms with E-state index in [2.05, 4.69) is 40.4 Å². The number of pyridine rings is 1. The van der Waals surface area contributed by atoms with Crippen LogP contribution in [0.4, 0.5) is 0 Å². The molecule has 0 radical (unpaired) electrons. The van der Waals surface area contributed by atoms with E-state index in [1.54, 1.807) is 0 Å². The van der Waals surface area contributed by atoms with Gasteiger partial charge in [0.15, 0.2) is 12.4 Å². The van der Waals surface area contributed by atoms with E-state index in [0.717, 1.165) is 6.42 Å². The molecule has 4 amide bonds. The molecule has 0 aromatic carbocycles. The third-order valence-electron chi connectivity index (χ3n) is 7.01. The first-order valence-electron chi connectivity index (χ1n) is 15.1. The van der Waals surface area contributed by atoms with Gasteiger partial charge in [-0.25, -0.2) is 0 Å². The van der Waals surface area contributed by atoms with Crippen LogP contribution in [-0.4, -0.2) is 60.9 Å². The summed E-state index contributed by atoms with van der Waals surface area (Å²) in [4.78, 5) is 52.2. The molecule has 11 nitrogen and oxygen atoms in total. The summed E-state index contributed by atoms with van der Waals surface area (Å²) in [6.07, 6.45) is 6.40. The second-order valence-corrected chi connectivity index (χ2v) is 11.1. The summed E-state index contributed by atoms with van der Waals surface area (Å²) in [5.41, 5.74) is 0.263. The lowest BCUT2D eigenvalue weighted by atomic mass is 9.97. The second kappa shape index (κ2) is 19.0. The lowest BCUT2D eigenvalue weighted by molar-refractivity contribution is -0.605. The van der Waals surface area contributed by atoms with Crippen LogP contribution in [0.25, 0.3) is 0 Å². The van der Waals surface area contributed by atoms with Crippen LogP contribution in [0.5, 0.6) is 0 Å². The van der Waals surface area contributed by atoms with Gasteiger partial charge >= 0.3 is 0 Å². The topological polar surface area (TPSA) is 155 Å². The number of aromatic nitrogens is 1. The molecule has 0 spiro atoms. The number of nitrogens with one attached hydrogen (secondary N) is 5. The molecule has 1 heterocycles. The van der Waals surface area contributed by atoms with E-state index < -0.39 is 23.9 Å². The van der Waals surface area contributed by atoms with Crippen molar-refractivity contribution in [3.8, 4) is 0 Å². The summed E-state index contributed by atoms with van der Waals surface area (Å²) in [6, 6.07) is 0.554. The highest BCUT2D eigenvalue weighted by Gasteiger charge is 2.31. The highest BCUT2D eigenvalue weighted by molar-refractivity contribution is 5.98. The van der Waals surface area contributed by atoms with Crippen molar-refractivity contribution in [2.45, 2.75) is 111 Å². The van der Waals surface area contributed by atoms with Gasteiger partial charge in [0, 0.05) is 31.3 Å². The minimum absolute atomic E-state index is 0.0547. The van der Waals surface area contributed by atoms with Crippen LogP contribution in [0.2, 0.25) is 0 Å². The number of amides is 4. The highest BCUT2D eigenvalue weighted by atomic mass is 16.5. The minimum atomic E-state index is -0.862. The van der Waals surface area contributed by atoms with Gasteiger partial charge in [0.25, 0.3) is 5.91 Å². The van der Waals surface area contributed by atoms with Crippen LogP contribution in [0.15, 0.2) is 24.5 Å². The first kappa shape index (κ1) is 35.8. The van der Waals surface area contributed by atoms with E-state index in [-0.39, 0.29) is 35.4 Å². The Morgan fingerprint density at radius 2 is 1.44 bits per heavy atom. The van der Waals surface area contributed by atoms with E-state index >= 15 is 0 Å². The van der Waals surface area contributed by atoms with Crippen molar-refractivity contribution in [1.82, 2.24) is 26.6 Å². The van der Waals surface area contributed by atoms with Gasteiger partial charge in [0.05, 0.1) is 11.6 Å². The molecular formula is C30H52N6O5. The molecule has 0 aliphatic rings. The van der Waals surface area contributed by atoms with E-state index in [9.17, 15) is 24.4 Å². The summed E-state index contributed by atoms with van der Waals surface area (Å²) in [6.45, 7) is 14.7. The lowest BCUT2D eigenvalue weighted by Crippen LogP contribution is -2.57. The van der Waals surface area contributed by atoms with Gasteiger partial charge in [-0.2, -0.15) is 4.73 Å². The van der Waals surface area contributed by atoms with E-state index in [0.29, 0.717) is 55.8 Å². The molecule has 0 aliphatic heterocycles. The van der Waals surface area contributed by atoms with Crippen LogP contribution in [-0.2, 0) is 14.4 Å². The number of carbonyl (C=O) groups is 4. The molecule has 0 bridgehead atoms. The Morgan fingerprint density at radius 1 is 0.829 bits per heavy atom. The largest absolute Gasteiger partial charge is 0.619 e. The molecular weight excluding hydrogens is 524 g/mol. The predicted octanol–water partition coefficient (Wildman–Crippen LogP) is 2.17. The van der Waals surface area contributed by atoms with Gasteiger partial charge in [-0.05, 0) is 38.0 Å². The average molecular weight is 577 g/mol. The molecule has 0 unspecified atom stereocenters. The Balaban J connectivity index is 3.00. The number of hydrogen-bond donors (Lipinski definition) is 5. The first-order chi connectivity index (χ1) is 19.5. The second-order valence-electron chi connectivity index (χ2n) is 11.1. The molecule has 41 heavy (non-hydrogen) atoms. The van der Waals surface area contributed by atoms with E-state index in [1.165, 1.54) is 24.5 Å². The van der Waals surface area contributed by atoms with Gasteiger partial charge in [0.2, 0.25) is 17.7 Å². The molecule has 0 saturated heterocycles. The first-order valence-corrected chi connectivity index (χ1v) is 15.1. The Kier molecular flexibility index (Phi) is 16.6. The smallest absolute Gasteiger partial charge is 0.252 e. The van der Waals surface area contributed by atoms with Crippen LogP contribution in [0, 0.1) is 17.0 Å². The average Bonchev–Trinajstić information content (AvgIpc) is 2.93. The third kappa shape index (κ3) is 12.9. The van der Waals surface area contributed by atoms with Crippen molar-refractivity contribution in [3.05, 3.63) is 35.3 Å². The minimum Gasteiger partial charge on any atom is -0.619 e. The molecule has 1 rings (SSSR count). The molecule has 1 aromatic rings. The number of likely N-dealkylation sites (N-methyl/N-ethyl adjacent to an activating group) is 1. The SMILES string of the molecule is CCC[C@H](NC[C@H](CC(C)C)NC(=O)[C@H](CCC)NC(=O)[C@@H](NC(=O)c1cc[n+]([O-])cc1)[C@@H](C)CC)C(=O)NCC. The van der Waals surface area contributed by atoms with Crippen molar-refractivity contribution in [3.63, 3.8) is 0 Å². The summed E-state index contributed by atoms with van der Waals surface area (Å²) < 4.78 is 0.579. The number of rotatable bonds is 19. The fourth-order valence-corrected chi connectivity index (χ4v) is 4.57. The molecule has 5 N–H and O–H groups in total. The lowest BCUT2D eigenvalue weighted by Gasteiger charge is -2.29.